The Morgan fingerprint density at radius 2 is 1.82 bits per heavy atom. The number of benzene rings is 1. The molecule has 4 rings (SSSR count). The number of halogens is 1. The van der Waals surface area contributed by atoms with Gasteiger partial charge in [-0.1, -0.05) is 18.2 Å². The van der Waals surface area contributed by atoms with Crippen LogP contribution in [-0.4, -0.2) is 41.3 Å². The average molecular weight is 396 g/mol. The van der Waals surface area contributed by atoms with E-state index in [1.165, 1.54) is 12.1 Å². The van der Waals surface area contributed by atoms with Gasteiger partial charge >= 0.3 is 0 Å². The summed E-state index contributed by atoms with van der Waals surface area (Å²) >= 11 is 4.89. The van der Waals surface area contributed by atoms with E-state index < -0.39 is 4.75 Å². The number of anilines is 1. The fraction of sp³-hybridized carbons (Fsp3) is 0.286. The molecular weight excluding hydrogens is 375 g/mol. The van der Waals surface area contributed by atoms with Crippen molar-refractivity contribution in [3.63, 3.8) is 0 Å². The van der Waals surface area contributed by atoms with Gasteiger partial charge in [0.25, 0.3) is 0 Å². The van der Waals surface area contributed by atoms with Crippen molar-refractivity contribution in [3.8, 4) is 11.5 Å². The SMILES string of the molecule is CC(S)(c1ccc(F)cc1)c1cc(N2CCOCC2)nc(-c2ccccn2)n1. The first-order chi connectivity index (χ1) is 13.5. The van der Waals surface area contributed by atoms with Gasteiger partial charge < -0.3 is 9.64 Å². The van der Waals surface area contributed by atoms with Gasteiger partial charge in [-0.2, -0.15) is 12.6 Å². The maximum absolute atomic E-state index is 13.4. The van der Waals surface area contributed by atoms with Crippen LogP contribution in [0.2, 0.25) is 0 Å². The molecule has 0 bridgehead atoms. The predicted molar refractivity (Wildman–Crippen MR) is 110 cm³/mol. The van der Waals surface area contributed by atoms with Crippen LogP contribution in [0.25, 0.3) is 11.5 Å². The largest absolute Gasteiger partial charge is 0.378 e. The van der Waals surface area contributed by atoms with E-state index in [0.29, 0.717) is 24.7 Å². The molecule has 1 saturated heterocycles. The molecule has 144 valence electrons. The zero-order chi connectivity index (χ0) is 19.6. The summed E-state index contributed by atoms with van der Waals surface area (Å²) in [6.45, 7) is 4.80. The van der Waals surface area contributed by atoms with Gasteiger partial charge in [-0.3, -0.25) is 4.98 Å². The molecule has 3 aromatic rings. The number of hydrogen-bond acceptors (Lipinski definition) is 6. The standard InChI is InChI=1S/C21H21FN4OS/c1-21(28,15-5-7-16(22)8-6-15)18-14-19(26-10-12-27-13-11-26)25-20(24-18)17-4-2-3-9-23-17/h2-9,14,28H,10-13H2,1H3. The monoisotopic (exact) mass is 396 g/mol. The fourth-order valence-electron chi connectivity index (χ4n) is 3.17. The van der Waals surface area contributed by atoms with E-state index in [1.54, 1.807) is 18.3 Å². The minimum Gasteiger partial charge on any atom is -0.378 e. The van der Waals surface area contributed by atoms with E-state index in [-0.39, 0.29) is 5.82 Å². The van der Waals surface area contributed by atoms with Crippen molar-refractivity contribution >= 4 is 18.4 Å². The van der Waals surface area contributed by atoms with Crippen LogP contribution >= 0.6 is 12.6 Å². The summed E-state index contributed by atoms with van der Waals surface area (Å²) in [4.78, 5) is 16.1. The molecule has 5 nitrogen and oxygen atoms in total. The number of ether oxygens (including phenoxy) is 1. The molecule has 0 radical (unpaired) electrons. The van der Waals surface area contributed by atoms with Gasteiger partial charge in [0.15, 0.2) is 5.82 Å². The van der Waals surface area contributed by atoms with Gasteiger partial charge in [-0.25, -0.2) is 14.4 Å². The molecule has 1 unspecified atom stereocenters. The van der Waals surface area contributed by atoms with Crippen molar-refractivity contribution in [2.45, 2.75) is 11.7 Å². The van der Waals surface area contributed by atoms with Crippen LogP contribution < -0.4 is 4.90 Å². The normalized spacial score (nSPS) is 16.6. The number of hydrogen-bond donors (Lipinski definition) is 1. The number of rotatable bonds is 4. The van der Waals surface area contributed by atoms with Crippen molar-refractivity contribution in [1.29, 1.82) is 0 Å². The maximum atomic E-state index is 13.4. The number of aromatic nitrogens is 3. The summed E-state index contributed by atoms with van der Waals surface area (Å²) in [5.74, 6) is 1.08. The van der Waals surface area contributed by atoms with Crippen LogP contribution in [0, 0.1) is 5.82 Å². The molecule has 28 heavy (non-hydrogen) atoms. The number of morpholine rings is 1. The molecular formula is C21H21FN4OS. The summed E-state index contributed by atoms with van der Waals surface area (Å²) in [5.41, 5.74) is 2.29. The van der Waals surface area contributed by atoms with Crippen LogP contribution in [0.5, 0.6) is 0 Å². The maximum Gasteiger partial charge on any atom is 0.180 e. The van der Waals surface area contributed by atoms with Crippen molar-refractivity contribution in [3.05, 3.63) is 71.8 Å². The molecule has 2 aromatic heterocycles. The molecule has 1 aromatic carbocycles. The van der Waals surface area contributed by atoms with Gasteiger partial charge in [0, 0.05) is 25.4 Å². The molecule has 0 saturated carbocycles. The Morgan fingerprint density at radius 3 is 2.50 bits per heavy atom. The average Bonchev–Trinajstić information content (AvgIpc) is 2.75. The molecule has 0 spiro atoms. The molecule has 0 amide bonds. The third kappa shape index (κ3) is 3.86. The third-order valence-electron chi connectivity index (χ3n) is 4.85. The minimum absolute atomic E-state index is 0.279. The first-order valence-corrected chi connectivity index (χ1v) is 9.61. The smallest absolute Gasteiger partial charge is 0.180 e. The number of nitrogens with zero attached hydrogens (tertiary/aromatic N) is 4. The Labute approximate surface area is 169 Å². The van der Waals surface area contributed by atoms with Gasteiger partial charge in [0.05, 0.1) is 23.7 Å². The lowest BCUT2D eigenvalue weighted by atomic mass is 9.96. The molecule has 1 fully saturated rings. The Kier molecular flexibility index (Phi) is 5.28. The van der Waals surface area contributed by atoms with Gasteiger partial charge in [0.2, 0.25) is 0 Å². The Morgan fingerprint density at radius 1 is 1.07 bits per heavy atom. The lowest BCUT2D eigenvalue weighted by molar-refractivity contribution is 0.122. The zero-order valence-corrected chi connectivity index (χ0v) is 16.4. The first kappa shape index (κ1) is 18.8. The Balaban J connectivity index is 1.82. The highest BCUT2D eigenvalue weighted by Crippen LogP contribution is 2.36. The molecule has 0 aliphatic carbocycles. The molecule has 1 atom stereocenters. The van der Waals surface area contributed by atoms with Crippen LogP contribution in [0.3, 0.4) is 0 Å². The van der Waals surface area contributed by atoms with Gasteiger partial charge in [-0.15, -0.1) is 0 Å². The van der Waals surface area contributed by atoms with E-state index in [4.69, 9.17) is 27.3 Å². The predicted octanol–water partition coefficient (Wildman–Crippen LogP) is 3.71. The second-order valence-corrected chi connectivity index (χ2v) is 7.72. The van der Waals surface area contributed by atoms with Crippen LogP contribution in [0.4, 0.5) is 10.2 Å². The first-order valence-electron chi connectivity index (χ1n) is 9.16. The zero-order valence-electron chi connectivity index (χ0n) is 15.5. The summed E-state index contributed by atoms with van der Waals surface area (Å²) in [7, 11) is 0. The molecule has 0 N–H and O–H groups in total. The summed E-state index contributed by atoms with van der Waals surface area (Å²) in [6, 6.07) is 14.0. The van der Waals surface area contributed by atoms with Crippen LogP contribution in [-0.2, 0) is 9.48 Å². The van der Waals surface area contributed by atoms with Crippen LogP contribution in [0.15, 0.2) is 54.7 Å². The van der Waals surface area contributed by atoms with E-state index >= 15 is 0 Å². The van der Waals surface area contributed by atoms with Crippen molar-refractivity contribution in [1.82, 2.24) is 15.0 Å². The second-order valence-electron chi connectivity index (χ2n) is 6.83. The molecule has 7 heteroatoms. The lowest BCUT2D eigenvalue weighted by Gasteiger charge is -2.30. The molecule has 3 heterocycles. The highest BCUT2D eigenvalue weighted by molar-refractivity contribution is 7.81. The Bertz CT molecular complexity index is 944. The quantitative estimate of drug-likeness (QED) is 0.682. The molecule has 1 aliphatic heterocycles. The third-order valence-corrected chi connectivity index (χ3v) is 5.33. The van der Waals surface area contributed by atoms with Crippen molar-refractivity contribution in [2.24, 2.45) is 0 Å². The second kappa shape index (κ2) is 7.85. The van der Waals surface area contributed by atoms with E-state index in [0.717, 1.165) is 30.2 Å². The van der Waals surface area contributed by atoms with Gasteiger partial charge in [-0.05, 0) is 36.8 Å². The highest BCUT2D eigenvalue weighted by Gasteiger charge is 2.29. The lowest BCUT2D eigenvalue weighted by Crippen LogP contribution is -2.37. The summed E-state index contributed by atoms with van der Waals surface area (Å²) < 4.78 is 18.1. The number of pyridine rings is 1. The van der Waals surface area contributed by atoms with E-state index in [1.807, 2.05) is 31.2 Å². The van der Waals surface area contributed by atoms with E-state index in [2.05, 4.69) is 9.88 Å². The van der Waals surface area contributed by atoms with Gasteiger partial charge in [0.1, 0.15) is 17.3 Å². The topological polar surface area (TPSA) is 51.1 Å². The fourth-order valence-corrected chi connectivity index (χ4v) is 3.43. The number of thiol groups is 1. The summed E-state index contributed by atoms with van der Waals surface area (Å²) in [6.07, 6.45) is 1.72. The van der Waals surface area contributed by atoms with Crippen molar-refractivity contribution in [2.75, 3.05) is 31.2 Å². The Hall–Kier alpha value is -2.51. The summed E-state index contributed by atoms with van der Waals surface area (Å²) in [5, 5.41) is 0. The molecule has 1 aliphatic rings. The highest BCUT2D eigenvalue weighted by atomic mass is 32.1. The minimum atomic E-state index is -0.721. The van der Waals surface area contributed by atoms with E-state index in [9.17, 15) is 4.39 Å². The van der Waals surface area contributed by atoms with Crippen LogP contribution in [0.1, 0.15) is 18.2 Å². The van der Waals surface area contributed by atoms with Crippen molar-refractivity contribution < 1.29 is 9.13 Å².